The number of carboxylic acids is 1. The molecular formula is C12H12N2O2S. The van der Waals surface area contributed by atoms with Crippen molar-refractivity contribution >= 4 is 28.8 Å². The molecule has 0 bridgehead atoms. The van der Waals surface area contributed by atoms with Crippen LogP contribution in [-0.4, -0.2) is 26.4 Å². The fourth-order valence-corrected chi connectivity index (χ4v) is 2.34. The minimum Gasteiger partial charge on any atom is -0.481 e. The van der Waals surface area contributed by atoms with Crippen molar-refractivity contribution in [3.8, 4) is 0 Å². The number of imidazole rings is 1. The average molecular weight is 248 g/mol. The van der Waals surface area contributed by atoms with Crippen molar-refractivity contribution in [2.24, 2.45) is 0 Å². The highest BCUT2D eigenvalue weighted by Crippen LogP contribution is 2.23. The van der Waals surface area contributed by atoms with E-state index in [2.05, 4.69) is 11.6 Å². The van der Waals surface area contributed by atoms with Gasteiger partial charge in [-0.05, 0) is 12.1 Å². The molecule has 4 nitrogen and oxygen atoms in total. The van der Waals surface area contributed by atoms with Crippen molar-refractivity contribution in [2.75, 3.05) is 5.75 Å². The standard InChI is InChI=1S/C12H12N2O2S/c1-2-7-14-10-6-4-3-5-9(10)13-12(14)17-8-11(15)16/h2-6H,1,7-8H2,(H,15,16). The van der Waals surface area contributed by atoms with Crippen molar-refractivity contribution in [1.82, 2.24) is 9.55 Å². The van der Waals surface area contributed by atoms with Gasteiger partial charge in [0.1, 0.15) is 0 Å². The Morgan fingerprint density at radius 1 is 1.53 bits per heavy atom. The van der Waals surface area contributed by atoms with Crippen LogP contribution in [0.4, 0.5) is 0 Å². The molecular weight excluding hydrogens is 236 g/mol. The second-order valence-corrected chi connectivity index (χ2v) is 4.41. The van der Waals surface area contributed by atoms with Gasteiger partial charge in [0.05, 0.1) is 16.8 Å². The lowest BCUT2D eigenvalue weighted by Crippen LogP contribution is -2.02. The van der Waals surface area contributed by atoms with E-state index >= 15 is 0 Å². The Balaban J connectivity index is 2.41. The first-order chi connectivity index (χ1) is 8.22. The maximum Gasteiger partial charge on any atom is 0.313 e. The highest BCUT2D eigenvalue weighted by Gasteiger charge is 2.11. The number of aliphatic carboxylic acids is 1. The summed E-state index contributed by atoms with van der Waals surface area (Å²) in [6.07, 6.45) is 1.78. The minimum atomic E-state index is -0.841. The van der Waals surface area contributed by atoms with Gasteiger partial charge < -0.3 is 9.67 Å². The van der Waals surface area contributed by atoms with Gasteiger partial charge >= 0.3 is 5.97 Å². The fourth-order valence-electron chi connectivity index (χ4n) is 1.60. The largest absolute Gasteiger partial charge is 0.481 e. The van der Waals surface area contributed by atoms with Gasteiger partial charge in [-0.1, -0.05) is 30.0 Å². The van der Waals surface area contributed by atoms with Crippen LogP contribution in [0.25, 0.3) is 11.0 Å². The molecule has 1 aromatic carbocycles. The first-order valence-electron chi connectivity index (χ1n) is 5.13. The van der Waals surface area contributed by atoms with Gasteiger partial charge in [0.2, 0.25) is 0 Å². The molecule has 0 radical (unpaired) electrons. The molecule has 1 heterocycles. The molecule has 2 aromatic rings. The number of benzene rings is 1. The van der Waals surface area contributed by atoms with Crippen molar-refractivity contribution < 1.29 is 9.90 Å². The van der Waals surface area contributed by atoms with Crippen LogP contribution in [0.5, 0.6) is 0 Å². The zero-order valence-electron chi connectivity index (χ0n) is 9.17. The third kappa shape index (κ3) is 2.50. The molecule has 0 unspecified atom stereocenters. The van der Waals surface area contributed by atoms with E-state index in [4.69, 9.17) is 5.11 Å². The molecule has 2 rings (SSSR count). The van der Waals surface area contributed by atoms with Crippen LogP contribution in [0.15, 0.2) is 42.1 Å². The van der Waals surface area contributed by atoms with E-state index < -0.39 is 5.97 Å². The SMILES string of the molecule is C=CCn1c(SCC(=O)O)nc2ccccc21. The van der Waals surface area contributed by atoms with Gasteiger partial charge in [0.15, 0.2) is 5.16 Å². The predicted molar refractivity (Wildman–Crippen MR) is 68.3 cm³/mol. The number of allylic oxidation sites excluding steroid dienone is 1. The Hall–Kier alpha value is -1.75. The van der Waals surface area contributed by atoms with Crippen LogP contribution in [0.3, 0.4) is 0 Å². The highest BCUT2D eigenvalue weighted by molar-refractivity contribution is 7.99. The van der Waals surface area contributed by atoms with Crippen molar-refractivity contribution in [1.29, 1.82) is 0 Å². The number of hydrogen-bond donors (Lipinski definition) is 1. The molecule has 0 spiro atoms. The molecule has 0 aliphatic carbocycles. The Kier molecular flexibility index (Phi) is 3.49. The average Bonchev–Trinajstić information content (AvgIpc) is 2.66. The van der Waals surface area contributed by atoms with Gasteiger partial charge in [0.25, 0.3) is 0 Å². The fraction of sp³-hybridized carbons (Fsp3) is 0.167. The Morgan fingerprint density at radius 2 is 2.29 bits per heavy atom. The molecule has 5 heteroatoms. The van der Waals surface area contributed by atoms with E-state index in [0.29, 0.717) is 11.7 Å². The van der Waals surface area contributed by atoms with E-state index in [-0.39, 0.29) is 5.75 Å². The number of aromatic nitrogens is 2. The Morgan fingerprint density at radius 3 is 3.00 bits per heavy atom. The van der Waals surface area contributed by atoms with Crippen LogP contribution in [0.2, 0.25) is 0 Å². The van der Waals surface area contributed by atoms with E-state index in [9.17, 15) is 4.79 Å². The van der Waals surface area contributed by atoms with Gasteiger partial charge in [-0.15, -0.1) is 6.58 Å². The predicted octanol–water partition coefficient (Wildman–Crippen LogP) is 2.40. The third-order valence-electron chi connectivity index (χ3n) is 2.26. The lowest BCUT2D eigenvalue weighted by atomic mass is 10.3. The quantitative estimate of drug-likeness (QED) is 0.652. The zero-order valence-corrected chi connectivity index (χ0v) is 9.98. The molecule has 0 amide bonds. The summed E-state index contributed by atoms with van der Waals surface area (Å²) in [6.45, 7) is 4.33. The molecule has 88 valence electrons. The minimum absolute atomic E-state index is 0.0143. The summed E-state index contributed by atoms with van der Waals surface area (Å²) in [5.74, 6) is -0.826. The summed E-state index contributed by atoms with van der Waals surface area (Å²) in [5, 5.41) is 9.41. The second kappa shape index (κ2) is 5.05. The van der Waals surface area contributed by atoms with Gasteiger partial charge in [-0.2, -0.15) is 0 Å². The van der Waals surface area contributed by atoms with Crippen LogP contribution in [0.1, 0.15) is 0 Å². The lowest BCUT2D eigenvalue weighted by Gasteiger charge is -2.04. The van der Waals surface area contributed by atoms with Crippen LogP contribution >= 0.6 is 11.8 Å². The summed E-state index contributed by atoms with van der Waals surface area (Å²) in [7, 11) is 0. The van der Waals surface area contributed by atoms with E-state index in [1.807, 2.05) is 28.8 Å². The normalized spacial score (nSPS) is 10.6. The molecule has 0 aliphatic heterocycles. The van der Waals surface area contributed by atoms with E-state index in [1.165, 1.54) is 11.8 Å². The second-order valence-electron chi connectivity index (χ2n) is 3.46. The van der Waals surface area contributed by atoms with Gasteiger partial charge in [0, 0.05) is 6.54 Å². The van der Waals surface area contributed by atoms with E-state index in [0.717, 1.165) is 11.0 Å². The van der Waals surface area contributed by atoms with Crippen LogP contribution in [-0.2, 0) is 11.3 Å². The van der Waals surface area contributed by atoms with Crippen molar-refractivity contribution in [3.05, 3.63) is 36.9 Å². The molecule has 0 fully saturated rings. The third-order valence-corrected chi connectivity index (χ3v) is 3.22. The topological polar surface area (TPSA) is 55.1 Å². The monoisotopic (exact) mass is 248 g/mol. The summed E-state index contributed by atoms with van der Waals surface area (Å²) >= 11 is 1.23. The number of carboxylic acid groups (broad SMARTS) is 1. The molecule has 0 saturated heterocycles. The maximum atomic E-state index is 10.6. The summed E-state index contributed by atoms with van der Waals surface area (Å²) < 4.78 is 1.97. The van der Waals surface area contributed by atoms with Crippen molar-refractivity contribution in [3.63, 3.8) is 0 Å². The van der Waals surface area contributed by atoms with Crippen LogP contribution in [0, 0.1) is 0 Å². The first-order valence-corrected chi connectivity index (χ1v) is 6.11. The summed E-state index contributed by atoms with van der Waals surface area (Å²) in [5.41, 5.74) is 1.88. The number of rotatable bonds is 5. The first kappa shape index (κ1) is 11.7. The number of nitrogens with zero attached hydrogens (tertiary/aromatic N) is 2. The number of carbonyl (C=O) groups is 1. The van der Waals surface area contributed by atoms with Crippen LogP contribution < -0.4 is 0 Å². The number of para-hydroxylation sites is 2. The number of fused-ring (bicyclic) bond motifs is 1. The van der Waals surface area contributed by atoms with Gasteiger partial charge in [-0.3, -0.25) is 4.79 Å². The van der Waals surface area contributed by atoms with E-state index in [1.54, 1.807) is 6.08 Å². The highest BCUT2D eigenvalue weighted by atomic mass is 32.2. The zero-order chi connectivity index (χ0) is 12.3. The number of thioether (sulfide) groups is 1. The summed E-state index contributed by atoms with van der Waals surface area (Å²) in [4.78, 5) is 15.0. The Labute approximate surface area is 103 Å². The lowest BCUT2D eigenvalue weighted by molar-refractivity contribution is -0.133. The molecule has 0 atom stereocenters. The summed E-state index contributed by atoms with van der Waals surface area (Å²) in [6, 6.07) is 7.74. The molecule has 1 aromatic heterocycles. The number of hydrogen-bond acceptors (Lipinski definition) is 3. The molecule has 1 N–H and O–H groups in total. The molecule has 0 saturated carbocycles. The Bertz CT molecular complexity index is 563. The molecule has 0 aliphatic rings. The maximum absolute atomic E-state index is 10.6. The molecule has 17 heavy (non-hydrogen) atoms. The smallest absolute Gasteiger partial charge is 0.313 e. The van der Waals surface area contributed by atoms with Gasteiger partial charge in [-0.25, -0.2) is 4.98 Å². The van der Waals surface area contributed by atoms with Crippen molar-refractivity contribution in [2.45, 2.75) is 11.7 Å².